The maximum atomic E-state index is 11.3. The van der Waals surface area contributed by atoms with Gasteiger partial charge in [0.05, 0.1) is 11.3 Å². The molecule has 0 aliphatic carbocycles. The second-order valence-electron chi connectivity index (χ2n) is 4.36. The second kappa shape index (κ2) is 5.55. The Morgan fingerprint density at radius 1 is 1.50 bits per heavy atom. The Morgan fingerprint density at radius 2 is 2.25 bits per heavy atom. The summed E-state index contributed by atoms with van der Waals surface area (Å²) in [6.07, 6.45) is 0.353. The number of nitro groups is 1. The second-order valence-corrected chi connectivity index (χ2v) is 4.36. The van der Waals surface area contributed by atoms with Crippen molar-refractivity contribution in [3.05, 3.63) is 27.8 Å². The van der Waals surface area contributed by atoms with Crippen LogP contribution >= 0.6 is 0 Å². The number of amides is 2. The van der Waals surface area contributed by atoms with Crippen LogP contribution < -0.4 is 16.0 Å². The Bertz CT molecular complexity index is 585. The molecule has 2 rings (SSSR count). The van der Waals surface area contributed by atoms with E-state index in [1.165, 1.54) is 19.2 Å². The fraction of sp³-hybridized carbons (Fsp3) is 0.333. The van der Waals surface area contributed by atoms with Crippen LogP contribution in [0.25, 0.3) is 0 Å². The Hall–Kier alpha value is -2.64. The first kappa shape index (κ1) is 13.8. The molecule has 20 heavy (non-hydrogen) atoms. The maximum Gasteiger partial charge on any atom is 0.292 e. The largest absolute Gasteiger partial charge is 0.379 e. The van der Waals surface area contributed by atoms with Gasteiger partial charge >= 0.3 is 0 Å². The maximum absolute atomic E-state index is 11.3. The lowest BCUT2D eigenvalue weighted by Gasteiger charge is -2.08. The van der Waals surface area contributed by atoms with Gasteiger partial charge in [-0.2, -0.15) is 0 Å². The van der Waals surface area contributed by atoms with Gasteiger partial charge in [0.2, 0.25) is 11.8 Å². The number of hydrogen-bond acceptors (Lipinski definition) is 5. The summed E-state index contributed by atoms with van der Waals surface area (Å²) in [5.74, 6) is -0.341. The van der Waals surface area contributed by atoms with E-state index in [1.807, 2.05) is 0 Å². The van der Waals surface area contributed by atoms with E-state index >= 15 is 0 Å². The predicted molar refractivity (Wildman–Crippen MR) is 72.6 cm³/mol. The van der Waals surface area contributed by atoms with Crippen molar-refractivity contribution >= 4 is 28.9 Å². The number of nitro benzene ring substituents is 1. The summed E-state index contributed by atoms with van der Waals surface area (Å²) in [5.41, 5.74) is 1.37. The highest BCUT2D eigenvalue weighted by Gasteiger charge is 2.24. The summed E-state index contributed by atoms with van der Waals surface area (Å²) >= 11 is 0. The Balaban J connectivity index is 2.19. The first-order valence-corrected chi connectivity index (χ1v) is 6.07. The van der Waals surface area contributed by atoms with Gasteiger partial charge in [0.15, 0.2) is 0 Å². The zero-order chi connectivity index (χ0) is 14.7. The average Bonchev–Trinajstić information content (AvgIpc) is 2.76. The van der Waals surface area contributed by atoms with Crippen LogP contribution in [0.1, 0.15) is 12.0 Å². The molecule has 0 saturated heterocycles. The molecule has 0 aromatic heterocycles. The third kappa shape index (κ3) is 2.85. The lowest BCUT2D eigenvalue weighted by Crippen LogP contribution is -2.21. The molecule has 1 heterocycles. The summed E-state index contributed by atoms with van der Waals surface area (Å²) in [5, 5.41) is 19.0. The number of carbonyl (C=O) groups excluding carboxylic acids is 2. The monoisotopic (exact) mass is 278 g/mol. The Morgan fingerprint density at radius 3 is 2.90 bits per heavy atom. The molecule has 1 aromatic carbocycles. The van der Waals surface area contributed by atoms with Crippen molar-refractivity contribution in [2.45, 2.75) is 12.8 Å². The first-order valence-electron chi connectivity index (χ1n) is 6.07. The smallest absolute Gasteiger partial charge is 0.292 e. The molecule has 1 aliphatic heterocycles. The molecule has 0 saturated carbocycles. The molecule has 106 valence electrons. The SMILES string of the molecule is CNC(=O)CCNc1cc2c(cc1[N+](=O)[O-])CC(=O)N2. The average molecular weight is 278 g/mol. The molecule has 0 radical (unpaired) electrons. The van der Waals surface area contributed by atoms with Crippen LogP contribution in [0.5, 0.6) is 0 Å². The van der Waals surface area contributed by atoms with Crippen LogP contribution in [0, 0.1) is 10.1 Å². The van der Waals surface area contributed by atoms with E-state index in [1.54, 1.807) is 0 Å². The van der Waals surface area contributed by atoms with Crippen LogP contribution in [0.4, 0.5) is 17.1 Å². The van der Waals surface area contributed by atoms with Crippen LogP contribution in [0.2, 0.25) is 0 Å². The predicted octanol–water partition coefficient (Wildman–Crippen LogP) is 0.637. The number of anilines is 2. The summed E-state index contributed by atoms with van der Waals surface area (Å²) in [7, 11) is 1.52. The molecule has 0 unspecified atom stereocenters. The van der Waals surface area contributed by atoms with Gasteiger partial charge in [0.25, 0.3) is 5.69 Å². The van der Waals surface area contributed by atoms with Gasteiger partial charge in [-0.15, -0.1) is 0 Å². The van der Waals surface area contributed by atoms with Crippen LogP contribution in [0.15, 0.2) is 12.1 Å². The first-order chi connectivity index (χ1) is 9.51. The summed E-state index contributed by atoms with van der Waals surface area (Å²) < 4.78 is 0. The number of rotatable bonds is 5. The molecule has 0 bridgehead atoms. The highest BCUT2D eigenvalue weighted by atomic mass is 16.6. The number of fused-ring (bicyclic) bond motifs is 1. The van der Waals surface area contributed by atoms with Crippen molar-refractivity contribution < 1.29 is 14.5 Å². The zero-order valence-corrected chi connectivity index (χ0v) is 10.9. The normalized spacial score (nSPS) is 12.6. The number of benzene rings is 1. The van der Waals surface area contributed by atoms with E-state index in [0.29, 0.717) is 16.9 Å². The molecule has 2 amide bonds. The minimum atomic E-state index is -0.509. The number of nitrogens with zero attached hydrogens (tertiary/aromatic N) is 1. The third-order valence-corrected chi connectivity index (χ3v) is 2.99. The van der Waals surface area contributed by atoms with Gasteiger partial charge < -0.3 is 16.0 Å². The molecular weight excluding hydrogens is 264 g/mol. The van der Waals surface area contributed by atoms with Gasteiger partial charge in [-0.25, -0.2) is 0 Å². The van der Waals surface area contributed by atoms with Crippen LogP contribution in [0.3, 0.4) is 0 Å². The quantitative estimate of drug-likeness (QED) is 0.540. The number of carbonyl (C=O) groups is 2. The van der Waals surface area contributed by atoms with E-state index in [4.69, 9.17) is 0 Å². The van der Waals surface area contributed by atoms with Crippen LogP contribution in [-0.4, -0.2) is 30.3 Å². The van der Waals surface area contributed by atoms with Gasteiger partial charge in [0.1, 0.15) is 5.69 Å². The fourth-order valence-electron chi connectivity index (χ4n) is 1.99. The van der Waals surface area contributed by atoms with E-state index in [9.17, 15) is 19.7 Å². The number of hydrogen-bond donors (Lipinski definition) is 3. The number of nitrogens with one attached hydrogen (secondary N) is 3. The van der Waals surface area contributed by atoms with Gasteiger partial charge in [-0.1, -0.05) is 0 Å². The molecule has 1 aliphatic rings. The topological polar surface area (TPSA) is 113 Å². The molecule has 8 heteroatoms. The lowest BCUT2D eigenvalue weighted by atomic mass is 10.1. The van der Waals surface area contributed by atoms with Crippen molar-refractivity contribution in [3.63, 3.8) is 0 Å². The molecule has 0 spiro atoms. The highest BCUT2D eigenvalue weighted by Crippen LogP contribution is 2.34. The minimum Gasteiger partial charge on any atom is -0.379 e. The molecule has 0 atom stereocenters. The summed E-state index contributed by atoms with van der Waals surface area (Å²) in [4.78, 5) is 32.9. The van der Waals surface area contributed by atoms with Crippen molar-refractivity contribution in [2.75, 3.05) is 24.2 Å². The summed E-state index contributed by atoms with van der Waals surface area (Å²) in [6, 6.07) is 2.91. The van der Waals surface area contributed by atoms with Gasteiger partial charge in [-0.05, 0) is 11.6 Å². The zero-order valence-electron chi connectivity index (χ0n) is 10.9. The minimum absolute atomic E-state index is 0.0999. The van der Waals surface area contributed by atoms with Crippen LogP contribution in [-0.2, 0) is 16.0 Å². The molecule has 3 N–H and O–H groups in total. The van der Waals surface area contributed by atoms with E-state index in [-0.39, 0.29) is 36.9 Å². The van der Waals surface area contributed by atoms with Crippen molar-refractivity contribution in [1.29, 1.82) is 0 Å². The van der Waals surface area contributed by atoms with E-state index in [2.05, 4.69) is 16.0 Å². The standard InChI is InChI=1S/C12H14N4O4/c1-13-11(17)2-3-14-9-6-8-7(5-12(18)15-8)4-10(9)16(19)20/h4,6,14H,2-3,5H2,1H3,(H,13,17)(H,15,18). The fourth-order valence-corrected chi connectivity index (χ4v) is 1.99. The lowest BCUT2D eigenvalue weighted by molar-refractivity contribution is -0.384. The molecule has 0 fully saturated rings. The molecular formula is C12H14N4O4. The van der Waals surface area contributed by atoms with Crippen molar-refractivity contribution in [1.82, 2.24) is 5.32 Å². The summed E-state index contributed by atoms with van der Waals surface area (Å²) in [6.45, 7) is 0.271. The Labute approximate surface area is 114 Å². The molecule has 8 nitrogen and oxygen atoms in total. The third-order valence-electron chi connectivity index (χ3n) is 2.99. The highest BCUT2D eigenvalue weighted by molar-refractivity contribution is 6.00. The van der Waals surface area contributed by atoms with Gasteiger partial charge in [0, 0.05) is 31.8 Å². The van der Waals surface area contributed by atoms with Gasteiger partial charge in [-0.3, -0.25) is 19.7 Å². The van der Waals surface area contributed by atoms with Crippen molar-refractivity contribution in [3.8, 4) is 0 Å². The molecule has 1 aromatic rings. The van der Waals surface area contributed by atoms with Crippen molar-refractivity contribution in [2.24, 2.45) is 0 Å². The van der Waals surface area contributed by atoms with E-state index in [0.717, 1.165) is 0 Å². The Kier molecular flexibility index (Phi) is 3.83. The van der Waals surface area contributed by atoms with E-state index < -0.39 is 4.92 Å².